The van der Waals surface area contributed by atoms with E-state index in [-0.39, 0.29) is 12.2 Å². The van der Waals surface area contributed by atoms with Gasteiger partial charge in [0.25, 0.3) is 0 Å². The number of carbonyl (C=O) groups is 1. The molecule has 1 N–H and O–H groups in total. The zero-order valence-electron chi connectivity index (χ0n) is 13.3. The van der Waals surface area contributed by atoms with Crippen molar-refractivity contribution >= 4 is 17.7 Å². The Bertz CT molecular complexity index is 294. The first-order chi connectivity index (χ1) is 8.88. The number of rotatable bonds is 7. The van der Waals surface area contributed by atoms with Crippen molar-refractivity contribution < 1.29 is 4.79 Å². The molecule has 4 heteroatoms. The van der Waals surface area contributed by atoms with Crippen molar-refractivity contribution in [1.29, 1.82) is 0 Å². The molecule has 1 rings (SSSR count). The van der Waals surface area contributed by atoms with Crippen LogP contribution in [0.2, 0.25) is 0 Å². The van der Waals surface area contributed by atoms with Gasteiger partial charge in [-0.1, -0.05) is 27.7 Å². The lowest BCUT2D eigenvalue weighted by molar-refractivity contribution is -0.132. The van der Waals surface area contributed by atoms with E-state index in [1.165, 1.54) is 0 Å². The van der Waals surface area contributed by atoms with Gasteiger partial charge in [0, 0.05) is 6.04 Å². The van der Waals surface area contributed by atoms with Crippen LogP contribution in [0, 0.1) is 11.8 Å². The van der Waals surface area contributed by atoms with Gasteiger partial charge in [0.05, 0.1) is 12.2 Å². The van der Waals surface area contributed by atoms with Crippen LogP contribution >= 0.6 is 11.8 Å². The highest BCUT2D eigenvalue weighted by Crippen LogP contribution is 2.25. The normalized spacial score (nSPS) is 25.7. The minimum atomic E-state index is 0.000444. The molecule has 0 aromatic rings. The summed E-state index contributed by atoms with van der Waals surface area (Å²) in [4.78, 5) is 14.7. The maximum absolute atomic E-state index is 12.6. The van der Waals surface area contributed by atoms with Crippen LogP contribution in [0.4, 0.5) is 0 Å². The van der Waals surface area contributed by atoms with E-state index in [2.05, 4.69) is 51.1 Å². The largest absolute Gasteiger partial charge is 0.323 e. The predicted molar refractivity (Wildman–Crippen MR) is 84.3 cm³/mol. The second-order valence-corrected chi connectivity index (χ2v) is 7.40. The summed E-state index contributed by atoms with van der Waals surface area (Å²) in [6.45, 7) is 10.9. The van der Waals surface area contributed by atoms with Gasteiger partial charge in [-0.15, -0.1) is 0 Å². The second-order valence-electron chi connectivity index (χ2n) is 6.41. The Kier molecular flexibility index (Phi) is 6.67. The second kappa shape index (κ2) is 7.53. The van der Waals surface area contributed by atoms with E-state index in [0.29, 0.717) is 23.8 Å². The highest BCUT2D eigenvalue weighted by atomic mass is 32.2. The molecule has 19 heavy (non-hydrogen) atoms. The number of carbonyl (C=O) groups excluding carboxylic acids is 1. The standard InChI is InChI=1S/C15H30N2OS/c1-10(2)9-13-16-14(11(3)4)15(18)17(13)12(5)7-8-19-6/h10-14,16H,7-9H2,1-6H3. The average molecular weight is 286 g/mol. The number of thioether (sulfide) groups is 1. The number of hydrogen-bond acceptors (Lipinski definition) is 3. The highest BCUT2D eigenvalue weighted by Gasteiger charge is 2.42. The molecule has 3 unspecified atom stereocenters. The summed E-state index contributed by atoms with van der Waals surface area (Å²) < 4.78 is 0. The molecule has 0 spiro atoms. The highest BCUT2D eigenvalue weighted by molar-refractivity contribution is 7.98. The van der Waals surface area contributed by atoms with Crippen LogP contribution in [0.5, 0.6) is 0 Å². The van der Waals surface area contributed by atoms with Crippen molar-refractivity contribution in [2.24, 2.45) is 11.8 Å². The van der Waals surface area contributed by atoms with Crippen LogP contribution < -0.4 is 5.32 Å². The maximum Gasteiger partial charge on any atom is 0.241 e. The Labute approximate surface area is 122 Å². The summed E-state index contributed by atoms with van der Waals surface area (Å²) in [6, 6.07) is 0.334. The summed E-state index contributed by atoms with van der Waals surface area (Å²) in [5.41, 5.74) is 0. The number of amides is 1. The Morgan fingerprint density at radius 2 is 1.89 bits per heavy atom. The lowest BCUT2D eigenvalue weighted by Crippen LogP contribution is -2.44. The molecular formula is C15H30N2OS. The molecule has 1 amide bonds. The first kappa shape index (κ1) is 16.8. The summed E-state index contributed by atoms with van der Waals surface area (Å²) in [6.07, 6.45) is 4.46. The fourth-order valence-corrected chi connectivity index (χ4v) is 3.31. The quantitative estimate of drug-likeness (QED) is 0.781. The SMILES string of the molecule is CSCCC(C)N1C(=O)C(C(C)C)NC1CC(C)C. The zero-order chi connectivity index (χ0) is 14.6. The van der Waals surface area contributed by atoms with Crippen LogP contribution in [0.15, 0.2) is 0 Å². The zero-order valence-corrected chi connectivity index (χ0v) is 14.1. The van der Waals surface area contributed by atoms with Crippen LogP contribution in [0.3, 0.4) is 0 Å². The topological polar surface area (TPSA) is 32.3 Å². The van der Waals surface area contributed by atoms with Crippen molar-refractivity contribution in [1.82, 2.24) is 10.2 Å². The fourth-order valence-electron chi connectivity index (χ4n) is 2.73. The van der Waals surface area contributed by atoms with Crippen LogP contribution in [-0.4, -0.2) is 41.1 Å². The Morgan fingerprint density at radius 3 is 2.37 bits per heavy atom. The Hall–Kier alpha value is -0.220. The molecular weight excluding hydrogens is 256 g/mol. The van der Waals surface area contributed by atoms with Crippen molar-refractivity contribution in [2.75, 3.05) is 12.0 Å². The van der Waals surface area contributed by atoms with Gasteiger partial charge in [0.15, 0.2) is 0 Å². The van der Waals surface area contributed by atoms with E-state index < -0.39 is 0 Å². The minimum Gasteiger partial charge on any atom is -0.323 e. The summed E-state index contributed by atoms with van der Waals surface area (Å²) in [5.74, 6) is 2.38. The number of nitrogens with one attached hydrogen (secondary N) is 1. The summed E-state index contributed by atoms with van der Waals surface area (Å²) in [5, 5.41) is 3.55. The maximum atomic E-state index is 12.6. The van der Waals surface area contributed by atoms with Crippen molar-refractivity contribution in [2.45, 2.75) is 65.7 Å². The molecule has 0 aliphatic carbocycles. The molecule has 1 heterocycles. The van der Waals surface area contributed by atoms with E-state index in [1.54, 1.807) is 0 Å². The van der Waals surface area contributed by atoms with E-state index >= 15 is 0 Å². The molecule has 112 valence electrons. The van der Waals surface area contributed by atoms with Gasteiger partial charge in [-0.2, -0.15) is 11.8 Å². The smallest absolute Gasteiger partial charge is 0.241 e. The Balaban J connectivity index is 2.78. The first-order valence-corrected chi connectivity index (χ1v) is 8.85. The summed E-state index contributed by atoms with van der Waals surface area (Å²) >= 11 is 1.85. The summed E-state index contributed by atoms with van der Waals surface area (Å²) in [7, 11) is 0. The van der Waals surface area contributed by atoms with Crippen LogP contribution in [0.25, 0.3) is 0 Å². The molecule has 1 aliphatic heterocycles. The molecule has 3 atom stereocenters. The van der Waals surface area contributed by atoms with Gasteiger partial charge >= 0.3 is 0 Å². The molecule has 0 saturated carbocycles. The van der Waals surface area contributed by atoms with Crippen molar-refractivity contribution in [3.63, 3.8) is 0 Å². The third-order valence-corrected chi connectivity index (χ3v) is 4.45. The van der Waals surface area contributed by atoms with E-state index in [9.17, 15) is 4.79 Å². The van der Waals surface area contributed by atoms with Crippen molar-refractivity contribution in [3.8, 4) is 0 Å². The monoisotopic (exact) mass is 286 g/mol. The Morgan fingerprint density at radius 1 is 1.26 bits per heavy atom. The molecule has 1 aliphatic rings. The van der Waals surface area contributed by atoms with Crippen LogP contribution in [-0.2, 0) is 4.79 Å². The van der Waals surface area contributed by atoms with Crippen LogP contribution in [0.1, 0.15) is 47.5 Å². The molecule has 0 bridgehead atoms. The van der Waals surface area contributed by atoms with Gasteiger partial charge in [0.1, 0.15) is 0 Å². The van der Waals surface area contributed by atoms with Gasteiger partial charge in [-0.3, -0.25) is 10.1 Å². The predicted octanol–water partition coefficient (Wildman–Crippen LogP) is 2.96. The van der Waals surface area contributed by atoms with E-state index in [4.69, 9.17) is 0 Å². The van der Waals surface area contributed by atoms with Crippen molar-refractivity contribution in [3.05, 3.63) is 0 Å². The fraction of sp³-hybridized carbons (Fsp3) is 0.933. The van der Waals surface area contributed by atoms with Gasteiger partial charge < -0.3 is 4.90 Å². The molecule has 0 radical (unpaired) electrons. The third-order valence-electron chi connectivity index (χ3n) is 3.80. The lowest BCUT2D eigenvalue weighted by Gasteiger charge is -2.31. The first-order valence-electron chi connectivity index (χ1n) is 7.45. The van der Waals surface area contributed by atoms with E-state index in [1.807, 2.05) is 11.8 Å². The molecule has 1 fully saturated rings. The lowest BCUT2D eigenvalue weighted by atomic mass is 10.0. The molecule has 1 saturated heterocycles. The van der Waals surface area contributed by atoms with Gasteiger partial charge in [0.2, 0.25) is 5.91 Å². The third kappa shape index (κ3) is 4.38. The van der Waals surface area contributed by atoms with Gasteiger partial charge in [-0.05, 0) is 43.6 Å². The molecule has 3 nitrogen and oxygen atoms in total. The number of hydrogen-bond donors (Lipinski definition) is 1. The average Bonchev–Trinajstić information content (AvgIpc) is 2.62. The molecule has 0 aromatic carbocycles. The molecule has 0 aromatic heterocycles. The van der Waals surface area contributed by atoms with Gasteiger partial charge in [-0.25, -0.2) is 0 Å². The number of nitrogens with zero attached hydrogens (tertiary/aromatic N) is 1. The van der Waals surface area contributed by atoms with E-state index in [0.717, 1.165) is 18.6 Å². The minimum absolute atomic E-state index is 0.000444.